The molecule has 0 saturated carbocycles. The number of allylic oxidation sites excluding steroid dienone is 3. The fourth-order valence-electron chi connectivity index (χ4n) is 5.45. The van der Waals surface area contributed by atoms with E-state index >= 15 is 0 Å². The number of aliphatic hydroxyl groups excluding tert-OH is 2. The van der Waals surface area contributed by atoms with Crippen molar-refractivity contribution in [3.63, 3.8) is 0 Å². The Bertz CT molecular complexity index is 773. The van der Waals surface area contributed by atoms with Gasteiger partial charge in [0.1, 0.15) is 6.10 Å². The van der Waals surface area contributed by atoms with Crippen LogP contribution >= 0.6 is 0 Å². The van der Waals surface area contributed by atoms with Crippen LogP contribution in [0.15, 0.2) is 23.8 Å². The summed E-state index contributed by atoms with van der Waals surface area (Å²) in [6, 6.07) is 0. The van der Waals surface area contributed by atoms with Crippen molar-refractivity contribution in [3.8, 4) is 0 Å². The van der Waals surface area contributed by atoms with E-state index in [-0.39, 0.29) is 42.7 Å². The van der Waals surface area contributed by atoms with Crippen molar-refractivity contribution in [2.45, 2.75) is 118 Å². The molecule has 6 nitrogen and oxygen atoms in total. The Morgan fingerprint density at radius 1 is 1.17 bits per heavy atom. The Morgan fingerprint density at radius 2 is 1.89 bits per heavy atom. The molecular formula is C30H51NO5. The zero-order valence-electron chi connectivity index (χ0n) is 23.5. The average molecular weight is 506 g/mol. The number of carbonyl (C=O) groups excluding carboxylic acids is 2. The first-order valence-corrected chi connectivity index (χ1v) is 14.2. The minimum Gasteiger partial charge on any atom is -0.461 e. The summed E-state index contributed by atoms with van der Waals surface area (Å²) in [5.74, 6) is 0.690. The third-order valence-electron chi connectivity index (χ3n) is 8.19. The molecule has 0 spiro atoms. The van der Waals surface area contributed by atoms with Crippen LogP contribution in [0, 0.1) is 29.1 Å². The van der Waals surface area contributed by atoms with E-state index in [1.54, 1.807) is 0 Å². The second kappa shape index (κ2) is 14.3. The molecule has 2 aliphatic rings. The number of unbranched alkanes of at least 4 members (excludes halogenated alkanes) is 2. The van der Waals surface area contributed by atoms with E-state index in [9.17, 15) is 19.8 Å². The molecule has 0 bridgehead atoms. The molecule has 36 heavy (non-hydrogen) atoms. The molecule has 3 N–H and O–H groups in total. The number of aliphatic hydroxyl groups is 2. The third-order valence-corrected chi connectivity index (χ3v) is 8.19. The lowest BCUT2D eigenvalue weighted by molar-refractivity contribution is -0.164. The zero-order chi connectivity index (χ0) is 26.9. The van der Waals surface area contributed by atoms with Gasteiger partial charge >= 0.3 is 5.97 Å². The summed E-state index contributed by atoms with van der Waals surface area (Å²) in [5, 5.41) is 23.9. The van der Waals surface area contributed by atoms with E-state index in [1.807, 2.05) is 20.8 Å². The molecule has 2 rings (SSSR count). The molecule has 1 unspecified atom stereocenters. The lowest BCUT2D eigenvalue weighted by Crippen LogP contribution is -2.43. The standard InChI is InChI=1S/C30H51NO5/c1-7-9-10-15-31-27(34)19-24(33)18-23(32)13-14-25-21(4)11-12-22-16-20(3)17-26(28(22)25)36-29(35)30(5,6)8-2/h11-12,16,20-21,23-26,28,32-33H,7-10,13-15,17-19H2,1-6H3,(H,31,34)/t20-,21-,23+,24+,25-,26-,28?/m0/s1. The largest absolute Gasteiger partial charge is 0.461 e. The van der Waals surface area contributed by atoms with Crippen LogP contribution in [0.1, 0.15) is 99.3 Å². The number of amides is 1. The predicted molar refractivity (Wildman–Crippen MR) is 144 cm³/mol. The molecule has 0 aliphatic heterocycles. The Balaban J connectivity index is 1.97. The highest BCUT2D eigenvalue weighted by atomic mass is 16.5. The van der Waals surface area contributed by atoms with Crippen LogP contribution < -0.4 is 5.32 Å². The van der Waals surface area contributed by atoms with Crippen molar-refractivity contribution < 1.29 is 24.5 Å². The molecule has 0 aromatic rings. The molecule has 206 valence electrons. The van der Waals surface area contributed by atoms with Crippen molar-refractivity contribution in [2.24, 2.45) is 29.1 Å². The normalized spacial score (nSPS) is 27.6. The molecule has 0 radical (unpaired) electrons. The second-order valence-electron chi connectivity index (χ2n) is 11.9. The summed E-state index contributed by atoms with van der Waals surface area (Å²) in [7, 11) is 0. The van der Waals surface area contributed by atoms with E-state index in [0.717, 1.165) is 38.5 Å². The first-order chi connectivity index (χ1) is 17.0. The van der Waals surface area contributed by atoms with Gasteiger partial charge < -0.3 is 20.3 Å². The van der Waals surface area contributed by atoms with E-state index < -0.39 is 17.6 Å². The van der Waals surface area contributed by atoms with Gasteiger partial charge in [0.25, 0.3) is 0 Å². The molecule has 0 aromatic heterocycles. The molecule has 0 fully saturated rings. The maximum Gasteiger partial charge on any atom is 0.311 e. The minimum atomic E-state index is -0.856. The summed E-state index contributed by atoms with van der Waals surface area (Å²) in [6.45, 7) is 13.0. The van der Waals surface area contributed by atoms with E-state index in [0.29, 0.717) is 24.8 Å². The lowest BCUT2D eigenvalue weighted by Gasteiger charge is -2.44. The van der Waals surface area contributed by atoms with Gasteiger partial charge in [0.15, 0.2) is 0 Å². The number of rotatable bonds is 14. The summed E-state index contributed by atoms with van der Waals surface area (Å²) in [4.78, 5) is 25.0. The van der Waals surface area contributed by atoms with Crippen LogP contribution in [0.5, 0.6) is 0 Å². The van der Waals surface area contributed by atoms with E-state index in [4.69, 9.17) is 4.74 Å². The van der Waals surface area contributed by atoms with Crippen LogP contribution in [-0.2, 0) is 14.3 Å². The number of hydrogen-bond donors (Lipinski definition) is 3. The lowest BCUT2D eigenvalue weighted by atomic mass is 9.65. The zero-order valence-corrected chi connectivity index (χ0v) is 23.5. The number of ether oxygens (including phenoxy) is 1. The molecular weight excluding hydrogens is 454 g/mol. The molecule has 1 amide bonds. The van der Waals surface area contributed by atoms with Crippen molar-refractivity contribution in [3.05, 3.63) is 23.8 Å². The van der Waals surface area contributed by atoms with Gasteiger partial charge in [-0.25, -0.2) is 0 Å². The van der Waals surface area contributed by atoms with Gasteiger partial charge in [-0.05, 0) is 75.7 Å². The number of nitrogens with one attached hydrogen (secondary N) is 1. The quantitative estimate of drug-likeness (QED) is 0.219. The van der Waals surface area contributed by atoms with Crippen LogP contribution in [0.25, 0.3) is 0 Å². The first-order valence-electron chi connectivity index (χ1n) is 14.2. The maximum atomic E-state index is 12.9. The third kappa shape index (κ3) is 9.02. The fraction of sp³-hybridized carbons (Fsp3) is 0.800. The smallest absolute Gasteiger partial charge is 0.311 e. The topological polar surface area (TPSA) is 95.9 Å². The average Bonchev–Trinajstić information content (AvgIpc) is 2.81. The van der Waals surface area contributed by atoms with Crippen LogP contribution in [-0.4, -0.2) is 46.9 Å². The number of hydrogen-bond acceptors (Lipinski definition) is 5. The van der Waals surface area contributed by atoms with Crippen LogP contribution in [0.4, 0.5) is 0 Å². The molecule has 7 atom stereocenters. The van der Waals surface area contributed by atoms with Crippen LogP contribution in [0.3, 0.4) is 0 Å². The molecule has 0 aromatic carbocycles. The van der Waals surface area contributed by atoms with Crippen molar-refractivity contribution in [1.82, 2.24) is 5.32 Å². The maximum absolute atomic E-state index is 12.9. The van der Waals surface area contributed by atoms with E-state index in [2.05, 4.69) is 44.3 Å². The van der Waals surface area contributed by atoms with Crippen LogP contribution in [0.2, 0.25) is 0 Å². The van der Waals surface area contributed by atoms with Gasteiger partial charge in [-0.15, -0.1) is 0 Å². The van der Waals surface area contributed by atoms with Gasteiger partial charge in [0, 0.05) is 12.5 Å². The van der Waals surface area contributed by atoms with Gasteiger partial charge in [0.2, 0.25) is 5.91 Å². The van der Waals surface area contributed by atoms with Crippen molar-refractivity contribution in [1.29, 1.82) is 0 Å². The van der Waals surface area contributed by atoms with Gasteiger partial charge in [-0.1, -0.05) is 58.8 Å². The summed E-state index contributed by atoms with van der Waals surface area (Å²) in [6.07, 6.45) is 11.2. The van der Waals surface area contributed by atoms with E-state index in [1.165, 1.54) is 5.57 Å². The highest BCUT2D eigenvalue weighted by Gasteiger charge is 2.42. The molecule has 0 saturated heterocycles. The SMILES string of the molecule is CCCCCNC(=O)C[C@H](O)C[C@H](O)CC[C@@H]1C2C(=C[C@H](C)C[C@@H]2OC(=O)C(C)(C)CC)C=C[C@@H]1C. The van der Waals surface area contributed by atoms with Gasteiger partial charge in [-0.2, -0.15) is 0 Å². The molecule has 6 heteroatoms. The van der Waals surface area contributed by atoms with Gasteiger partial charge in [0.05, 0.1) is 24.0 Å². The minimum absolute atomic E-state index is 0.0182. The van der Waals surface area contributed by atoms with Gasteiger partial charge in [-0.3, -0.25) is 9.59 Å². The number of fused-ring (bicyclic) bond motifs is 1. The number of carbonyl (C=O) groups is 2. The Labute approximate surface area is 219 Å². The van der Waals surface area contributed by atoms with Crippen molar-refractivity contribution >= 4 is 11.9 Å². The van der Waals surface area contributed by atoms with Crippen molar-refractivity contribution in [2.75, 3.05) is 6.54 Å². The Morgan fingerprint density at radius 3 is 2.56 bits per heavy atom. The first kappa shape index (κ1) is 30.6. The summed E-state index contributed by atoms with van der Waals surface area (Å²) >= 11 is 0. The molecule has 2 aliphatic carbocycles. The Kier molecular flexibility index (Phi) is 12.2. The molecule has 0 heterocycles. The highest BCUT2D eigenvalue weighted by molar-refractivity contribution is 5.76. The fourth-order valence-corrected chi connectivity index (χ4v) is 5.45. The highest BCUT2D eigenvalue weighted by Crippen LogP contribution is 2.45. The number of esters is 1. The summed E-state index contributed by atoms with van der Waals surface area (Å²) < 4.78 is 6.17. The Hall–Kier alpha value is -1.66. The summed E-state index contributed by atoms with van der Waals surface area (Å²) in [5.41, 5.74) is 0.725. The second-order valence-corrected chi connectivity index (χ2v) is 11.9. The predicted octanol–water partition coefficient (Wildman–Crippen LogP) is 5.33. The monoisotopic (exact) mass is 505 g/mol.